The maximum atomic E-state index is 6.56. The minimum Gasteiger partial charge on any atom is -0.390 e. The highest BCUT2D eigenvalue weighted by atomic mass is 31.1. The molecule has 0 saturated carbocycles. The molecule has 6 aromatic carbocycles. The van der Waals surface area contributed by atoms with Crippen molar-refractivity contribution < 1.29 is 12.9 Å². The van der Waals surface area contributed by atoms with Crippen LogP contribution in [0, 0.1) is 6.92 Å². The average Bonchev–Trinajstić information content (AvgIpc) is 3.15. The fourth-order valence-electron chi connectivity index (χ4n) is 5.22. The molecule has 0 amide bonds. The van der Waals surface area contributed by atoms with Crippen molar-refractivity contribution in [1.82, 2.24) is 0 Å². The van der Waals surface area contributed by atoms with Crippen molar-refractivity contribution in [2.24, 2.45) is 0 Å². The van der Waals surface area contributed by atoms with E-state index in [1.165, 1.54) is 0 Å². The first kappa shape index (κ1) is 23.4. The Hall–Kier alpha value is -4.72. The number of aryl methyl sites for hydroxylation is 1. The molecule has 0 spiro atoms. The van der Waals surface area contributed by atoms with Crippen molar-refractivity contribution in [3.8, 4) is 5.75 Å². The van der Waals surface area contributed by atoms with Gasteiger partial charge in [-0.05, 0) is 63.9 Å². The van der Waals surface area contributed by atoms with E-state index in [0.717, 1.165) is 65.7 Å². The van der Waals surface area contributed by atoms with Crippen molar-refractivity contribution in [2.75, 3.05) is 0 Å². The monoisotopic (exact) mass is 524 g/mol. The molecule has 0 saturated heterocycles. The van der Waals surface area contributed by atoms with Gasteiger partial charge in [-0.3, -0.25) is 0 Å². The van der Waals surface area contributed by atoms with Gasteiger partial charge in [-0.25, -0.2) is 0 Å². The summed E-state index contributed by atoms with van der Waals surface area (Å²) in [4.78, 5) is 0. The summed E-state index contributed by atoms with van der Waals surface area (Å²) >= 11 is 0. The van der Waals surface area contributed by atoms with E-state index in [0.29, 0.717) is 5.75 Å². The zero-order valence-electron chi connectivity index (χ0n) is 21.4. The van der Waals surface area contributed by atoms with Crippen molar-refractivity contribution in [1.29, 1.82) is 0 Å². The van der Waals surface area contributed by atoms with Gasteiger partial charge >= 0.3 is 8.24 Å². The van der Waals surface area contributed by atoms with Gasteiger partial charge < -0.3 is 12.9 Å². The Morgan fingerprint density at radius 2 is 1.21 bits per heavy atom. The molecule has 0 fully saturated rings. The topological polar surface area (TPSA) is 35.5 Å². The standard InChI is InChI=1S/C35H25O3P/c1-23-16-19-31(30(22-23)24(2)25-10-4-3-5-11-25)36-39-37-32-20-17-26-12-6-8-14-28(26)34(32)35-29-15-9-7-13-27(29)18-21-33(35)38-39/h3-22H,2H2,1H3. The van der Waals surface area contributed by atoms with Crippen molar-refractivity contribution in [3.05, 3.63) is 145 Å². The maximum absolute atomic E-state index is 6.56. The molecule has 0 radical (unpaired) electrons. The Kier molecular flexibility index (Phi) is 5.73. The minimum atomic E-state index is -1.82. The summed E-state index contributed by atoms with van der Waals surface area (Å²) in [6.07, 6.45) is 0. The Morgan fingerprint density at radius 3 is 1.82 bits per heavy atom. The predicted molar refractivity (Wildman–Crippen MR) is 163 cm³/mol. The Labute approximate surface area is 227 Å². The van der Waals surface area contributed by atoms with E-state index in [-0.39, 0.29) is 0 Å². The molecular formula is C35H25O3P. The van der Waals surface area contributed by atoms with E-state index in [4.69, 9.17) is 12.9 Å². The van der Waals surface area contributed by atoms with E-state index in [1.54, 1.807) is 0 Å². The average molecular weight is 525 g/mol. The highest BCUT2D eigenvalue weighted by molar-refractivity contribution is 7.32. The Bertz CT molecular complexity index is 1980. The second-order valence-corrected chi connectivity index (χ2v) is 10.7. The van der Waals surface area contributed by atoms with Crippen LogP contribution >= 0.6 is 8.24 Å². The molecule has 4 heteroatoms. The normalized spacial score (nSPS) is 11.3. The number of fused-ring (bicyclic) bond motifs is 7. The Balaban J connectivity index is 1.50. The van der Waals surface area contributed by atoms with Crippen molar-refractivity contribution in [2.45, 2.75) is 6.92 Å². The van der Waals surface area contributed by atoms with Crippen LogP contribution < -0.4 is 4.52 Å². The largest absolute Gasteiger partial charge is 0.453 e. The van der Waals surface area contributed by atoms with Gasteiger partial charge in [0, 0.05) is 16.3 Å². The second kappa shape index (κ2) is 9.54. The minimum absolute atomic E-state index is 0.673. The van der Waals surface area contributed by atoms with Crippen molar-refractivity contribution in [3.63, 3.8) is 0 Å². The third kappa shape index (κ3) is 4.18. The highest BCUT2D eigenvalue weighted by Crippen LogP contribution is 2.43. The first-order valence-electron chi connectivity index (χ1n) is 12.9. The van der Waals surface area contributed by atoms with Gasteiger partial charge in [-0.1, -0.05) is 109 Å². The summed E-state index contributed by atoms with van der Waals surface area (Å²) in [5.74, 6) is 0.673. The lowest BCUT2D eigenvalue weighted by atomic mass is 9.97. The lowest BCUT2D eigenvalue weighted by Crippen LogP contribution is -1.92. The number of rotatable bonds is 4. The smallest absolute Gasteiger partial charge is 0.390 e. The van der Waals surface area contributed by atoms with Crippen LogP contribution in [0.5, 0.6) is 5.75 Å². The van der Waals surface area contributed by atoms with Crippen LogP contribution in [0.15, 0.2) is 136 Å². The van der Waals surface area contributed by atoms with E-state index in [2.05, 4.69) is 92.4 Å². The zero-order chi connectivity index (χ0) is 26.3. The number of hydrogen-bond donors (Lipinski definition) is 0. The summed E-state index contributed by atoms with van der Waals surface area (Å²) in [6, 6.07) is 41.2. The number of benzene rings is 6. The molecule has 0 bridgehead atoms. The van der Waals surface area contributed by atoms with Gasteiger partial charge in [-0.15, -0.1) is 0 Å². The molecule has 0 aliphatic heterocycles. The van der Waals surface area contributed by atoms with Gasteiger partial charge in [-0.2, -0.15) is 0 Å². The Morgan fingerprint density at radius 1 is 0.641 bits per heavy atom. The quantitative estimate of drug-likeness (QED) is 0.230. The van der Waals surface area contributed by atoms with Gasteiger partial charge in [0.15, 0.2) is 0 Å². The van der Waals surface area contributed by atoms with Gasteiger partial charge in [0.05, 0.1) is 0 Å². The van der Waals surface area contributed by atoms with Crippen LogP contribution in [0.2, 0.25) is 0 Å². The van der Waals surface area contributed by atoms with Gasteiger partial charge in [0.25, 0.3) is 0 Å². The van der Waals surface area contributed by atoms with Crippen LogP contribution in [0.3, 0.4) is 0 Å². The molecule has 1 aromatic heterocycles. The molecule has 7 aromatic rings. The van der Waals surface area contributed by atoms with Gasteiger partial charge in [0.1, 0.15) is 16.9 Å². The molecule has 0 aliphatic carbocycles. The van der Waals surface area contributed by atoms with E-state index in [9.17, 15) is 0 Å². The first-order valence-corrected chi connectivity index (χ1v) is 14.0. The SMILES string of the molecule is C=C(c1ccccc1)c1cc(C)ccc1Op1oc2ccc3ccccc3c2c2c(ccc3ccccc32)o1. The molecule has 0 N–H and O–H groups in total. The lowest BCUT2D eigenvalue weighted by Gasteiger charge is -2.12. The maximum Gasteiger partial charge on any atom is 0.453 e. The lowest BCUT2D eigenvalue weighted by molar-refractivity contribution is 0.497. The van der Waals surface area contributed by atoms with Crippen LogP contribution in [-0.4, -0.2) is 0 Å². The predicted octanol–water partition coefficient (Wildman–Crippen LogP) is 10.8. The van der Waals surface area contributed by atoms with Crippen LogP contribution in [-0.2, 0) is 0 Å². The molecule has 0 aliphatic rings. The summed E-state index contributed by atoms with van der Waals surface area (Å²) in [5.41, 5.74) is 5.45. The van der Waals surface area contributed by atoms with E-state index in [1.807, 2.05) is 42.5 Å². The molecule has 3 nitrogen and oxygen atoms in total. The number of hydrogen-bond acceptors (Lipinski definition) is 3. The fourth-order valence-corrected chi connectivity index (χ4v) is 6.28. The summed E-state index contributed by atoms with van der Waals surface area (Å²) in [7, 11) is -1.82. The molecule has 7 rings (SSSR count). The first-order chi connectivity index (χ1) is 19.2. The van der Waals surface area contributed by atoms with E-state index >= 15 is 0 Å². The van der Waals surface area contributed by atoms with Gasteiger partial charge in [0.2, 0.25) is 0 Å². The summed E-state index contributed by atoms with van der Waals surface area (Å²) < 4.78 is 19.7. The summed E-state index contributed by atoms with van der Waals surface area (Å²) in [6.45, 7) is 6.46. The third-order valence-electron chi connectivity index (χ3n) is 7.13. The van der Waals surface area contributed by atoms with Crippen LogP contribution in [0.25, 0.3) is 49.1 Å². The molecular weight excluding hydrogens is 499 g/mol. The van der Waals surface area contributed by atoms with Crippen molar-refractivity contribution >= 4 is 57.3 Å². The van der Waals surface area contributed by atoms with Crippen LogP contribution in [0.4, 0.5) is 0 Å². The summed E-state index contributed by atoms with van der Waals surface area (Å²) in [5, 5.41) is 6.55. The third-order valence-corrected chi connectivity index (χ3v) is 8.17. The fraction of sp³-hybridized carbons (Fsp3) is 0.0286. The zero-order valence-corrected chi connectivity index (χ0v) is 22.3. The molecule has 0 unspecified atom stereocenters. The molecule has 188 valence electrons. The van der Waals surface area contributed by atoms with E-state index < -0.39 is 8.24 Å². The highest BCUT2D eigenvalue weighted by Gasteiger charge is 2.16. The molecule has 0 atom stereocenters. The molecule has 1 heterocycles. The van der Waals surface area contributed by atoms with Crippen LogP contribution in [0.1, 0.15) is 16.7 Å². The second-order valence-electron chi connectivity index (χ2n) is 9.66. The molecule has 39 heavy (non-hydrogen) atoms.